The first-order chi connectivity index (χ1) is 11.5. The standard InChI is InChI=1S/C18H24N4O2/c1-12-16(18(24-3)21(2)20-12)15-5-4-10-22(15)11-13-6-8-14(9-7-13)17(19)23/h6-9,15H,4-5,10-11H2,1-3H3,(H2,19,23)/t15-/m1/s1. The Labute approximate surface area is 142 Å². The van der Waals surface area contributed by atoms with Crippen molar-refractivity contribution in [3.8, 4) is 5.88 Å². The first kappa shape index (κ1) is 16.5. The van der Waals surface area contributed by atoms with E-state index in [1.165, 1.54) is 11.1 Å². The quantitative estimate of drug-likeness (QED) is 0.913. The van der Waals surface area contributed by atoms with Gasteiger partial charge in [0.05, 0.1) is 18.4 Å². The number of carbonyl (C=O) groups is 1. The first-order valence-electron chi connectivity index (χ1n) is 8.21. The highest BCUT2D eigenvalue weighted by Gasteiger charge is 2.32. The molecule has 3 rings (SSSR count). The Kier molecular flexibility index (Phi) is 4.57. The molecule has 6 heteroatoms. The van der Waals surface area contributed by atoms with E-state index in [2.05, 4.69) is 10.00 Å². The van der Waals surface area contributed by atoms with Gasteiger partial charge in [-0.15, -0.1) is 0 Å². The summed E-state index contributed by atoms with van der Waals surface area (Å²) >= 11 is 0. The largest absolute Gasteiger partial charge is 0.481 e. The molecular formula is C18H24N4O2. The summed E-state index contributed by atoms with van der Waals surface area (Å²) in [5, 5.41) is 4.51. The molecule has 1 aliphatic heterocycles. The van der Waals surface area contributed by atoms with E-state index in [0.29, 0.717) is 11.6 Å². The number of amides is 1. The Hall–Kier alpha value is -2.34. The van der Waals surface area contributed by atoms with Crippen LogP contribution >= 0.6 is 0 Å². The SMILES string of the molecule is COc1c([C@H]2CCCN2Cc2ccc(C(N)=O)cc2)c(C)nn1C. The average molecular weight is 328 g/mol. The highest BCUT2D eigenvalue weighted by molar-refractivity contribution is 5.92. The lowest BCUT2D eigenvalue weighted by molar-refractivity contribution is 0.100. The number of rotatable bonds is 5. The summed E-state index contributed by atoms with van der Waals surface area (Å²) in [5.74, 6) is 0.449. The normalized spacial score (nSPS) is 18.0. The van der Waals surface area contributed by atoms with Crippen LogP contribution in [0.15, 0.2) is 24.3 Å². The van der Waals surface area contributed by atoms with E-state index < -0.39 is 5.91 Å². The molecule has 24 heavy (non-hydrogen) atoms. The number of hydrogen-bond donors (Lipinski definition) is 1. The second-order valence-electron chi connectivity index (χ2n) is 6.32. The van der Waals surface area contributed by atoms with Crippen molar-refractivity contribution in [2.75, 3.05) is 13.7 Å². The molecule has 1 saturated heterocycles. The van der Waals surface area contributed by atoms with E-state index >= 15 is 0 Å². The number of carbonyl (C=O) groups excluding carboxylic acids is 1. The number of nitrogens with two attached hydrogens (primary N) is 1. The zero-order valence-corrected chi connectivity index (χ0v) is 14.5. The predicted molar refractivity (Wildman–Crippen MR) is 91.8 cm³/mol. The minimum Gasteiger partial charge on any atom is -0.481 e. The number of methoxy groups -OCH3 is 1. The number of nitrogens with zero attached hydrogens (tertiary/aromatic N) is 3. The van der Waals surface area contributed by atoms with Crippen molar-refractivity contribution >= 4 is 5.91 Å². The highest BCUT2D eigenvalue weighted by atomic mass is 16.5. The van der Waals surface area contributed by atoms with Gasteiger partial charge in [-0.1, -0.05) is 12.1 Å². The third-order valence-corrected chi connectivity index (χ3v) is 4.73. The number of ether oxygens (including phenoxy) is 1. The van der Waals surface area contributed by atoms with Gasteiger partial charge >= 0.3 is 0 Å². The second-order valence-corrected chi connectivity index (χ2v) is 6.32. The summed E-state index contributed by atoms with van der Waals surface area (Å²) in [4.78, 5) is 13.6. The van der Waals surface area contributed by atoms with Gasteiger partial charge in [-0.3, -0.25) is 9.69 Å². The van der Waals surface area contributed by atoms with Gasteiger partial charge in [-0.25, -0.2) is 4.68 Å². The molecule has 1 aliphatic rings. The van der Waals surface area contributed by atoms with Gasteiger partial charge in [-0.05, 0) is 44.0 Å². The van der Waals surface area contributed by atoms with Gasteiger partial charge in [0.15, 0.2) is 0 Å². The van der Waals surface area contributed by atoms with Crippen molar-refractivity contribution in [2.45, 2.75) is 32.4 Å². The maximum atomic E-state index is 11.2. The minimum absolute atomic E-state index is 0.310. The van der Waals surface area contributed by atoms with Gasteiger partial charge in [0.1, 0.15) is 0 Å². The molecule has 1 amide bonds. The average Bonchev–Trinajstić information content (AvgIpc) is 3.10. The Morgan fingerprint density at radius 3 is 2.71 bits per heavy atom. The summed E-state index contributed by atoms with van der Waals surface area (Å²) in [6.45, 7) is 3.91. The molecule has 1 atom stereocenters. The first-order valence-corrected chi connectivity index (χ1v) is 8.21. The molecule has 0 saturated carbocycles. The van der Waals surface area contributed by atoms with E-state index in [9.17, 15) is 4.79 Å². The molecule has 0 aliphatic carbocycles. The van der Waals surface area contributed by atoms with E-state index in [4.69, 9.17) is 10.5 Å². The van der Waals surface area contributed by atoms with Gasteiger partial charge in [0, 0.05) is 25.2 Å². The van der Waals surface area contributed by atoms with Crippen LogP contribution in [0.2, 0.25) is 0 Å². The van der Waals surface area contributed by atoms with Crippen LogP contribution < -0.4 is 10.5 Å². The molecule has 1 fully saturated rings. The molecule has 1 aromatic carbocycles. The van der Waals surface area contributed by atoms with Crippen LogP contribution in [0, 0.1) is 6.92 Å². The van der Waals surface area contributed by atoms with Crippen LogP contribution in [0.5, 0.6) is 5.88 Å². The Morgan fingerprint density at radius 1 is 1.38 bits per heavy atom. The van der Waals surface area contributed by atoms with Crippen molar-refractivity contribution in [1.29, 1.82) is 0 Å². The third-order valence-electron chi connectivity index (χ3n) is 4.73. The molecular weight excluding hydrogens is 304 g/mol. The van der Waals surface area contributed by atoms with Crippen molar-refractivity contribution in [2.24, 2.45) is 12.8 Å². The fourth-order valence-corrected chi connectivity index (χ4v) is 3.63. The van der Waals surface area contributed by atoms with Crippen molar-refractivity contribution in [3.63, 3.8) is 0 Å². The smallest absolute Gasteiger partial charge is 0.248 e. The molecule has 2 N–H and O–H groups in total. The van der Waals surface area contributed by atoms with Crippen molar-refractivity contribution in [3.05, 3.63) is 46.6 Å². The monoisotopic (exact) mass is 328 g/mol. The van der Waals surface area contributed by atoms with Crippen molar-refractivity contribution in [1.82, 2.24) is 14.7 Å². The third kappa shape index (κ3) is 3.01. The van der Waals surface area contributed by atoms with E-state index in [1.807, 2.05) is 30.8 Å². The number of aryl methyl sites for hydroxylation is 2. The van der Waals surface area contributed by atoms with Crippen LogP contribution in [-0.2, 0) is 13.6 Å². The molecule has 0 unspecified atom stereocenters. The molecule has 0 bridgehead atoms. The lowest BCUT2D eigenvalue weighted by Crippen LogP contribution is -2.23. The summed E-state index contributed by atoms with van der Waals surface area (Å²) < 4.78 is 7.38. The Morgan fingerprint density at radius 2 is 2.08 bits per heavy atom. The van der Waals surface area contributed by atoms with Crippen LogP contribution in [0.1, 0.15) is 46.1 Å². The second kappa shape index (κ2) is 6.65. The number of aromatic nitrogens is 2. The summed E-state index contributed by atoms with van der Waals surface area (Å²) in [5.41, 5.74) is 9.23. The summed E-state index contributed by atoms with van der Waals surface area (Å²) in [7, 11) is 3.61. The van der Waals surface area contributed by atoms with Crippen LogP contribution in [0.25, 0.3) is 0 Å². The van der Waals surface area contributed by atoms with Gasteiger partial charge in [0.25, 0.3) is 0 Å². The molecule has 0 radical (unpaired) electrons. The molecule has 0 spiro atoms. The maximum absolute atomic E-state index is 11.2. The Balaban J connectivity index is 1.82. The topological polar surface area (TPSA) is 73.4 Å². The van der Waals surface area contributed by atoms with Gasteiger partial charge in [0.2, 0.25) is 11.8 Å². The highest BCUT2D eigenvalue weighted by Crippen LogP contribution is 2.39. The van der Waals surface area contributed by atoms with Crippen LogP contribution in [-0.4, -0.2) is 34.2 Å². The lowest BCUT2D eigenvalue weighted by atomic mass is 10.0. The molecule has 128 valence electrons. The van der Waals surface area contributed by atoms with Crippen LogP contribution in [0.3, 0.4) is 0 Å². The molecule has 2 aromatic rings. The number of primary amides is 1. The molecule has 1 aromatic heterocycles. The Bertz CT molecular complexity index is 736. The fraction of sp³-hybridized carbons (Fsp3) is 0.444. The van der Waals surface area contributed by atoms with Crippen LogP contribution in [0.4, 0.5) is 0 Å². The van der Waals surface area contributed by atoms with E-state index in [1.54, 1.807) is 19.2 Å². The minimum atomic E-state index is -0.392. The predicted octanol–water partition coefficient (Wildman–Crippen LogP) is 2.17. The fourth-order valence-electron chi connectivity index (χ4n) is 3.63. The van der Waals surface area contributed by atoms with Gasteiger partial charge < -0.3 is 10.5 Å². The lowest BCUT2D eigenvalue weighted by Gasteiger charge is -2.25. The molecule has 2 heterocycles. The zero-order chi connectivity index (χ0) is 17.3. The summed E-state index contributed by atoms with van der Waals surface area (Å²) in [6, 6.07) is 7.84. The number of benzene rings is 1. The number of likely N-dealkylation sites (tertiary alicyclic amines) is 1. The summed E-state index contributed by atoms with van der Waals surface area (Å²) in [6.07, 6.45) is 2.25. The van der Waals surface area contributed by atoms with E-state index in [-0.39, 0.29) is 0 Å². The zero-order valence-electron chi connectivity index (χ0n) is 14.5. The number of hydrogen-bond acceptors (Lipinski definition) is 4. The molecule has 6 nitrogen and oxygen atoms in total. The maximum Gasteiger partial charge on any atom is 0.248 e. The van der Waals surface area contributed by atoms with Gasteiger partial charge in [-0.2, -0.15) is 5.10 Å². The van der Waals surface area contributed by atoms with Crippen molar-refractivity contribution < 1.29 is 9.53 Å². The van der Waals surface area contributed by atoms with E-state index in [0.717, 1.165) is 37.5 Å².